The van der Waals surface area contributed by atoms with E-state index in [0.717, 1.165) is 24.3 Å². The number of methoxy groups -OCH3 is 1. The van der Waals surface area contributed by atoms with Crippen molar-refractivity contribution in [2.24, 2.45) is 21.5 Å². The van der Waals surface area contributed by atoms with E-state index in [9.17, 15) is 0 Å². The number of hydrogen-bond acceptors (Lipinski definition) is 8. The van der Waals surface area contributed by atoms with Gasteiger partial charge in [-0.25, -0.2) is 4.99 Å². The third-order valence-electron chi connectivity index (χ3n) is 3.41. The van der Waals surface area contributed by atoms with Gasteiger partial charge >= 0.3 is 0 Å². The summed E-state index contributed by atoms with van der Waals surface area (Å²) in [6, 6.07) is 7.49. The molecule has 0 atom stereocenters. The molecule has 0 saturated heterocycles. The molecule has 25 heavy (non-hydrogen) atoms. The highest BCUT2D eigenvalue weighted by Gasteiger charge is 2.32. The molecule has 140 valence electrons. The van der Waals surface area contributed by atoms with Crippen molar-refractivity contribution in [3.05, 3.63) is 24.3 Å². The lowest BCUT2D eigenvalue weighted by Gasteiger charge is -2.36. The standard InChI is InChI=1S/C16H25N5O3.BrH/c1-16(2)20-14(17)19-15(18)21(16)24-11-5-4-10-23-13-8-6-12(22-3)7-9-13;/h6-9H,4-5,10-11H2,1-3H3,(H4,17,18,19,20);1H. The highest BCUT2D eigenvalue weighted by molar-refractivity contribution is 8.93. The van der Waals surface area contributed by atoms with Gasteiger partial charge in [0, 0.05) is 0 Å². The Labute approximate surface area is 158 Å². The fraction of sp³-hybridized carbons (Fsp3) is 0.500. The number of aliphatic imine (C=N–C) groups is 2. The molecule has 9 heteroatoms. The monoisotopic (exact) mass is 415 g/mol. The Morgan fingerprint density at radius 3 is 2.24 bits per heavy atom. The van der Waals surface area contributed by atoms with Crippen LogP contribution in [0.3, 0.4) is 0 Å². The Balaban J connectivity index is 0.00000312. The van der Waals surface area contributed by atoms with Crippen LogP contribution in [-0.2, 0) is 4.84 Å². The number of ether oxygens (including phenoxy) is 2. The van der Waals surface area contributed by atoms with E-state index in [1.807, 2.05) is 38.1 Å². The average Bonchev–Trinajstić information content (AvgIpc) is 2.52. The van der Waals surface area contributed by atoms with Crippen LogP contribution in [0.25, 0.3) is 0 Å². The first kappa shape index (κ1) is 21.0. The van der Waals surface area contributed by atoms with Gasteiger partial charge in [-0.2, -0.15) is 10.1 Å². The van der Waals surface area contributed by atoms with Crippen LogP contribution in [0.4, 0.5) is 0 Å². The summed E-state index contributed by atoms with van der Waals surface area (Å²) in [6.45, 7) is 4.80. The van der Waals surface area contributed by atoms with Crippen LogP contribution in [0, 0.1) is 0 Å². The summed E-state index contributed by atoms with van der Waals surface area (Å²) in [5.41, 5.74) is 10.8. The van der Waals surface area contributed by atoms with E-state index in [1.165, 1.54) is 5.06 Å². The summed E-state index contributed by atoms with van der Waals surface area (Å²) >= 11 is 0. The van der Waals surface area contributed by atoms with Crippen molar-refractivity contribution in [1.82, 2.24) is 5.06 Å². The van der Waals surface area contributed by atoms with Gasteiger partial charge in [0.2, 0.25) is 11.9 Å². The van der Waals surface area contributed by atoms with E-state index < -0.39 is 5.66 Å². The second-order valence-corrected chi connectivity index (χ2v) is 5.79. The van der Waals surface area contributed by atoms with Crippen LogP contribution in [0.5, 0.6) is 11.5 Å². The summed E-state index contributed by atoms with van der Waals surface area (Å²) < 4.78 is 10.8. The van der Waals surface area contributed by atoms with Crippen molar-refractivity contribution in [1.29, 1.82) is 0 Å². The summed E-state index contributed by atoms with van der Waals surface area (Å²) in [6.07, 6.45) is 1.66. The van der Waals surface area contributed by atoms with Crippen molar-refractivity contribution in [3.8, 4) is 11.5 Å². The zero-order chi connectivity index (χ0) is 17.6. The van der Waals surface area contributed by atoms with Crippen LogP contribution in [-0.4, -0.2) is 43.0 Å². The molecule has 1 aliphatic heterocycles. The molecular formula is C16H26BrN5O3. The van der Waals surface area contributed by atoms with Gasteiger partial charge in [0.1, 0.15) is 11.5 Å². The maximum atomic E-state index is 5.84. The second kappa shape index (κ2) is 9.47. The lowest BCUT2D eigenvalue weighted by molar-refractivity contribution is -0.157. The van der Waals surface area contributed by atoms with Gasteiger partial charge < -0.3 is 20.9 Å². The van der Waals surface area contributed by atoms with Gasteiger partial charge in [-0.3, -0.25) is 4.84 Å². The van der Waals surface area contributed by atoms with Crippen LogP contribution in [0.15, 0.2) is 34.3 Å². The highest BCUT2D eigenvalue weighted by atomic mass is 79.9. The summed E-state index contributed by atoms with van der Waals surface area (Å²) in [5, 5.41) is 1.48. The summed E-state index contributed by atoms with van der Waals surface area (Å²) in [5.74, 6) is 1.99. The van der Waals surface area contributed by atoms with Crippen molar-refractivity contribution in [2.45, 2.75) is 32.4 Å². The molecule has 1 aliphatic rings. The smallest absolute Gasteiger partial charge is 0.226 e. The number of hydroxylamine groups is 2. The Kier molecular flexibility index (Phi) is 7.98. The van der Waals surface area contributed by atoms with Crippen LogP contribution < -0.4 is 20.9 Å². The Morgan fingerprint density at radius 2 is 1.64 bits per heavy atom. The first-order valence-corrected chi connectivity index (χ1v) is 7.82. The Morgan fingerprint density at radius 1 is 1.04 bits per heavy atom. The number of halogens is 1. The molecule has 0 unspecified atom stereocenters. The van der Waals surface area contributed by atoms with E-state index in [1.54, 1.807) is 7.11 Å². The molecule has 2 rings (SSSR count). The Bertz CT molecular complexity index is 604. The predicted molar refractivity (Wildman–Crippen MR) is 103 cm³/mol. The number of unbranched alkanes of at least 4 members (excludes halogenated alkanes) is 1. The van der Waals surface area contributed by atoms with Gasteiger partial charge in [-0.05, 0) is 51.0 Å². The molecule has 1 aromatic carbocycles. The van der Waals surface area contributed by atoms with Crippen molar-refractivity contribution in [2.75, 3.05) is 20.3 Å². The molecule has 0 aliphatic carbocycles. The molecule has 0 spiro atoms. The average molecular weight is 416 g/mol. The minimum absolute atomic E-state index is 0. The molecule has 0 amide bonds. The minimum atomic E-state index is -0.671. The molecule has 0 bridgehead atoms. The van der Waals surface area contributed by atoms with Gasteiger partial charge in [0.25, 0.3) is 0 Å². The quantitative estimate of drug-likeness (QED) is 0.628. The van der Waals surface area contributed by atoms with Crippen molar-refractivity contribution in [3.63, 3.8) is 0 Å². The van der Waals surface area contributed by atoms with Gasteiger partial charge in [-0.1, -0.05) is 0 Å². The van der Waals surface area contributed by atoms with Crippen LogP contribution in [0.2, 0.25) is 0 Å². The first-order valence-electron chi connectivity index (χ1n) is 7.82. The SMILES string of the molecule is Br.COc1ccc(OCCCCON2C(N)=NC(N)=NC2(C)C)cc1. The second-order valence-electron chi connectivity index (χ2n) is 5.79. The Hall–Kier alpha value is -2.00. The first-order chi connectivity index (χ1) is 11.4. The number of benzene rings is 1. The molecule has 8 nitrogen and oxygen atoms in total. The topological polar surface area (TPSA) is 108 Å². The van der Waals surface area contributed by atoms with E-state index >= 15 is 0 Å². The molecule has 1 heterocycles. The number of nitrogens with zero attached hydrogens (tertiary/aromatic N) is 3. The van der Waals surface area contributed by atoms with E-state index in [-0.39, 0.29) is 28.9 Å². The van der Waals surface area contributed by atoms with Crippen molar-refractivity contribution < 1.29 is 14.3 Å². The third kappa shape index (κ3) is 6.09. The predicted octanol–water partition coefficient (Wildman–Crippen LogP) is 2.04. The lowest BCUT2D eigenvalue weighted by atomic mass is 10.2. The maximum Gasteiger partial charge on any atom is 0.226 e. The zero-order valence-electron chi connectivity index (χ0n) is 14.8. The molecule has 0 radical (unpaired) electrons. The number of rotatable bonds is 8. The van der Waals surface area contributed by atoms with E-state index in [2.05, 4.69) is 9.98 Å². The van der Waals surface area contributed by atoms with E-state index in [4.69, 9.17) is 25.8 Å². The molecule has 4 N–H and O–H groups in total. The van der Waals surface area contributed by atoms with Crippen LogP contribution in [0.1, 0.15) is 26.7 Å². The zero-order valence-corrected chi connectivity index (χ0v) is 16.5. The van der Waals surface area contributed by atoms with E-state index in [0.29, 0.717) is 13.2 Å². The van der Waals surface area contributed by atoms with Gasteiger partial charge in [0.15, 0.2) is 5.66 Å². The number of guanidine groups is 2. The fourth-order valence-electron chi connectivity index (χ4n) is 2.24. The largest absolute Gasteiger partial charge is 0.497 e. The molecule has 0 saturated carbocycles. The van der Waals surface area contributed by atoms with Gasteiger partial charge in [0.05, 0.1) is 20.3 Å². The maximum absolute atomic E-state index is 5.84. The number of nitrogens with two attached hydrogens (primary N) is 2. The van der Waals surface area contributed by atoms with Crippen molar-refractivity contribution >= 4 is 28.9 Å². The minimum Gasteiger partial charge on any atom is -0.497 e. The van der Waals surface area contributed by atoms with Crippen LogP contribution >= 0.6 is 17.0 Å². The normalized spacial score (nSPS) is 15.7. The summed E-state index contributed by atoms with van der Waals surface area (Å²) in [7, 11) is 1.64. The number of hydrogen-bond donors (Lipinski definition) is 2. The molecule has 0 aromatic heterocycles. The third-order valence-corrected chi connectivity index (χ3v) is 3.41. The fourth-order valence-corrected chi connectivity index (χ4v) is 2.24. The molecule has 0 fully saturated rings. The van der Waals surface area contributed by atoms with Gasteiger partial charge in [-0.15, -0.1) is 17.0 Å². The molecule has 1 aromatic rings. The summed E-state index contributed by atoms with van der Waals surface area (Å²) in [4.78, 5) is 13.8. The lowest BCUT2D eigenvalue weighted by Crippen LogP contribution is -2.53. The molecular weight excluding hydrogens is 390 g/mol. The highest BCUT2D eigenvalue weighted by Crippen LogP contribution is 2.20.